The first-order valence-electron chi connectivity index (χ1n) is 6.51. The third-order valence-electron chi connectivity index (χ3n) is 3.23. The summed E-state index contributed by atoms with van der Waals surface area (Å²) in [4.78, 5) is 14.2. The summed E-state index contributed by atoms with van der Waals surface area (Å²) < 4.78 is 0. The van der Waals surface area contributed by atoms with Gasteiger partial charge >= 0.3 is 0 Å². The maximum atomic E-state index is 12.5. The van der Waals surface area contributed by atoms with Crippen molar-refractivity contribution in [2.75, 3.05) is 18.9 Å². The van der Waals surface area contributed by atoms with Crippen molar-refractivity contribution < 1.29 is 9.90 Å². The van der Waals surface area contributed by atoms with Crippen molar-refractivity contribution in [1.29, 1.82) is 0 Å². The van der Waals surface area contributed by atoms with E-state index in [1.54, 1.807) is 23.1 Å². The predicted molar refractivity (Wildman–Crippen MR) is 78.4 cm³/mol. The molecule has 3 N–H and O–H groups in total. The summed E-state index contributed by atoms with van der Waals surface area (Å²) in [5, 5.41) is 9.57. The van der Waals surface area contributed by atoms with Crippen LogP contribution in [0.4, 0.5) is 5.69 Å². The molecule has 0 atom stereocenters. The van der Waals surface area contributed by atoms with Gasteiger partial charge in [0.1, 0.15) is 0 Å². The number of rotatable bonds is 6. The standard InChI is InChI=1S/C14H21ClN2O2/c1-3-11(4-2)17(7-8-18)14(19)10-5-6-12(15)13(16)9-10/h5-6,9,11,18H,3-4,7-8,16H2,1-2H3. The molecule has 5 heteroatoms. The number of anilines is 1. The minimum absolute atomic E-state index is 0.0503. The molecule has 19 heavy (non-hydrogen) atoms. The van der Waals surface area contributed by atoms with Gasteiger partial charge in [-0.3, -0.25) is 4.79 Å². The largest absolute Gasteiger partial charge is 0.398 e. The molecule has 1 aromatic rings. The number of nitrogens with zero attached hydrogens (tertiary/aromatic N) is 1. The van der Waals surface area contributed by atoms with Crippen LogP contribution in [0.25, 0.3) is 0 Å². The number of nitrogens with two attached hydrogens (primary N) is 1. The van der Waals surface area contributed by atoms with Gasteiger partial charge in [0.05, 0.1) is 17.3 Å². The van der Waals surface area contributed by atoms with Crippen LogP contribution in [-0.4, -0.2) is 35.1 Å². The van der Waals surface area contributed by atoms with E-state index in [9.17, 15) is 4.79 Å². The highest BCUT2D eigenvalue weighted by Gasteiger charge is 2.22. The first-order chi connectivity index (χ1) is 9.04. The van der Waals surface area contributed by atoms with Gasteiger partial charge in [0.15, 0.2) is 0 Å². The van der Waals surface area contributed by atoms with E-state index in [1.165, 1.54) is 0 Å². The first-order valence-corrected chi connectivity index (χ1v) is 6.89. The predicted octanol–water partition coefficient (Wildman–Crippen LogP) is 2.55. The van der Waals surface area contributed by atoms with Crippen LogP contribution in [0.15, 0.2) is 18.2 Å². The van der Waals surface area contributed by atoms with Crippen molar-refractivity contribution in [3.05, 3.63) is 28.8 Å². The summed E-state index contributed by atoms with van der Waals surface area (Å²) in [6.07, 6.45) is 1.70. The van der Waals surface area contributed by atoms with E-state index in [4.69, 9.17) is 22.4 Å². The normalized spacial score (nSPS) is 10.8. The zero-order valence-electron chi connectivity index (χ0n) is 11.4. The summed E-state index contributed by atoms with van der Waals surface area (Å²) in [6, 6.07) is 4.98. The molecular weight excluding hydrogens is 264 g/mol. The molecule has 1 amide bonds. The zero-order valence-corrected chi connectivity index (χ0v) is 12.2. The van der Waals surface area contributed by atoms with Crippen LogP contribution in [-0.2, 0) is 0 Å². The van der Waals surface area contributed by atoms with Gasteiger partial charge in [0.2, 0.25) is 0 Å². The number of carbonyl (C=O) groups excluding carboxylic acids is 1. The number of aliphatic hydroxyl groups excluding tert-OH is 1. The highest BCUT2D eigenvalue weighted by molar-refractivity contribution is 6.33. The maximum Gasteiger partial charge on any atom is 0.254 e. The van der Waals surface area contributed by atoms with Crippen molar-refractivity contribution >= 4 is 23.2 Å². The molecule has 0 radical (unpaired) electrons. The Morgan fingerprint density at radius 3 is 2.53 bits per heavy atom. The molecule has 0 aromatic heterocycles. The number of amides is 1. The van der Waals surface area contributed by atoms with Gasteiger partial charge in [0.25, 0.3) is 5.91 Å². The number of benzene rings is 1. The summed E-state index contributed by atoms with van der Waals surface area (Å²) >= 11 is 5.85. The molecule has 0 bridgehead atoms. The summed E-state index contributed by atoms with van der Waals surface area (Å²) in [5.74, 6) is -0.119. The monoisotopic (exact) mass is 284 g/mol. The zero-order chi connectivity index (χ0) is 14.4. The van der Waals surface area contributed by atoms with Crippen molar-refractivity contribution in [3.63, 3.8) is 0 Å². The second-order valence-corrected chi connectivity index (χ2v) is 4.84. The fourth-order valence-electron chi connectivity index (χ4n) is 2.13. The quantitative estimate of drug-likeness (QED) is 0.789. The van der Waals surface area contributed by atoms with Gasteiger partial charge < -0.3 is 15.7 Å². The minimum atomic E-state index is -0.119. The lowest BCUT2D eigenvalue weighted by Gasteiger charge is -2.30. The highest BCUT2D eigenvalue weighted by atomic mass is 35.5. The van der Waals surface area contributed by atoms with E-state index in [2.05, 4.69) is 0 Å². The highest BCUT2D eigenvalue weighted by Crippen LogP contribution is 2.21. The van der Waals surface area contributed by atoms with Crippen LogP contribution in [0, 0.1) is 0 Å². The van der Waals surface area contributed by atoms with Crippen LogP contribution in [0.3, 0.4) is 0 Å². The lowest BCUT2D eigenvalue weighted by Crippen LogP contribution is -2.41. The Morgan fingerprint density at radius 1 is 1.42 bits per heavy atom. The maximum absolute atomic E-state index is 12.5. The lowest BCUT2D eigenvalue weighted by atomic mass is 10.1. The van der Waals surface area contributed by atoms with Crippen LogP contribution in [0.5, 0.6) is 0 Å². The molecule has 4 nitrogen and oxygen atoms in total. The SMILES string of the molecule is CCC(CC)N(CCO)C(=O)c1ccc(Cl)c(N)c1. The fraction of sp³-hybridized carbons (Fsp3) is 0.500. The van der Waals surface area contributed by atoms with E-state index in [-0.39, 0.29) is 18.6 Å². The number of aliphatic hydroxyl groups is 1. The molecule has 0 spiro atoms. The van der Waals surface area contributed by atoms with E-state index < -0.39 is 0 Å². The minimum Gasteiger partial charge on any atom is -0.398 e. The van der Waals surface area contributed by atoms with Crippen molar-refractivity contribution in [2.24, 2.45) is 0 Å². The van der Waals surface area contributed by atoms with E-state index in [0.29, 0.717) is 22.8 Å². The number of halogens is 1. The molecule has 0 unspecified atom stereocenters. The topological polar surface area (TPSA) is 66.6 Å². The smallest absolute Gasteiger partial charge is 0.254 e. The third kappa shape index (κ3) is 3.85. The molecule has 0 aliphatic heterocycles. The Kier molecular flexibility index (Phi) is 6.12. The summed E-state index contributed by atoms with van der Waals surface area (Å²) in [6.45, 7) is 4.34. The second-order valence-electron chi connectivity index (χ2n) is 4.43. The molecule has 1 aromatic carbocycles. The first kappa shape index (κ1) is 15.8. The average Bonchev–Trinajstić information content (AvgIpc) is 2.41. The van der Waals surface area contributed by atoms with Gasteiger partial charge in [-0.1, -0.05) is 25.4 Å². The molecule has 106 valence electrons. The summed E-state index contributed by atoms with van der Waals surface area (Å²) in [7, 11) is 0. The second kappa shape index (κ2) is 7.36. The van der Waals surface area contributed by atoms with Gasteiger partial charge in [-0.15, -0.1) is 0 Å². The van der Waals surface area contributed by atoms with Gasteiger partial charge in [-0.05, 0) is 31.0 Å². The number of hydrogen-bond acceptors (Lipinski definition) is 3. The number of carbonyl (C=O) groups is 1. The lowest BCUT2D eigenvalue weighted by molar-refractivity contribution is 0.0622. The Bertz CT molecular complexity index is 433. The van der Waals surface area contributed by atoms with Gasteiger partial charge in [-0.2, -0.15) is 0 Å². The van der Waals surface area contributed by atoms with Crippen LogP contribution in [0.1, 0.15) is 37.0 Å². The molecule has 0 saturated carbocycles. The van der Waals surface area contributed by atoms with E-state index in [1.807, 2.05) is 13.8 Å². The van der Waals surface area contributed by atoms with Crippen molar-refractivity contribution in [3.8, 4) is 0 Å². The number of nitrogen functional groups attached to an aromatic ring is 1. The van der Waals surface area contributed by atoms with Crippen LogP contribution in [0.2, 0.25) is 5.02 Å². The Labute approximate surface area is 119 Å². The van der Waals surface area contributed by atoms with Gasteiger partial charge in [0, 0.05) is 18.2 Å². The molecular formula is C14H21ClN2O2. The Morgan fingerprint density at radius 2 is 2.05 bits per heavy atom. The molecule has 0 heterocycles. The summed E-state index contributed by atoms with van der Waals surface area (Å²) in [5.41, 5.74) is 6.61. The molecule has 0 aliphatic rings. The Balaban J connectivity index is 3.01. The van der Waals surface area contributed by atoms with Crippen LogP contribution < -0.4 is 5.73 Å². The Hall–Kier alpha value is -1.26. The van der Waals surface area contributed by atoms with Gasteiger partial charge in [-0.25, -0.2) is 0 Å². The molecule has 0 aliphatic carbocycles. The van der Waals surface area contributed by atoms with Crippen molar-refractivity contribution in [1.82, 2.24) is 4.90 Å². The van der Waals surface area contributed by atoms with E-state index >= 15 is 0 Å². The number of hydrogen-bond donors (Lipinski definition) is 2. The fourth-order valence-corrected chi connectivity index (χ4v) is 2.25. The van der Waals surface area contributed by atoms with Crippen LogP contribution >= 0.6 is 11.6 Å². The molecule has 0 saturated heterocycles. The average molecular weight is 285 g/mol. The third-order valence-corrected chi connectivity index (χ3v) is 3.57. The van der Waals surface area contributed by atoms with Crippen molar-refractivity contribution in [2.45, 2.75) is 32.7 Å². The molecule has 0 fully saturated rings. The molecule has 1 rings (SSSR count). The van der Waals surface area contributed by atoms with E-state index in [0.717, 1.165) is 12.8 Å².